The van der Waals surface area contributed by atoms with Crippen molar-refractivity contribution in [2.24, 2.45) is 5.92 Å². The number of nitrogens with one attached hydrogen (secondary N) is 2. The van der Waals surface area contributed by atoms with Crippen molar-refractivity contribution in [1.29, 1.82) is 0 Å². The van der Waals surface area contributed by atoms with E-state index in [9.17, 15) is 4.79 Å². The first kappa shape index (κ1) is 14.4. The van der Waals surface area contributed by atoms with Gasteiger partial charge in [0.25, 0.3) is 0 Å². The molecule has 0 saturated carbocycles. The number of hydrogen-bond acceptors (Lipinski definition) is 2. The van der Waals surface area contributed by atoms with Gasteiger partial charge in [0.2, 0.25) is 5.91 Å². The van der Waals surface area contributed by atoms with Gasteiger partial charge in [-0.25, -0.2) is 0 Å². The summed E-state index contributed by atoms with van der Waals surface area (Å²) in [6.45, 7) is 0. The average Bonchev–Trinajstić information content (AvgIpc) is 2.58. The minimum Gasteiger partial charge on any atom is -0.356 e. The van der Waals surface area contributed by atoms with Crippen molar-refractivity contribution in [3.63, 3.8) is 0 Å². The Hall–Kier alpha value is -2.55. The highest BCUT2D eigenvalue weighted by Crippen LogP contribution is 2.22. The van der Waals surface area contributed by atoms with Crippen LogP contribution in [0.1, 0.15) is 19.3 Å². The van der Waals surface area contributed by atoms with Gasteiger partial charge in [0.05, 0.1) is 0 Å². The van der Waals surface area contributed by atoms with E-state index in [2.05, 4.69) is 22.8 Å². The Labute approximate surface area is 131 Å². The topological polar surface area (TPSA) is 41.1 Å². The molecular formula is C19H20N2O. The van der Waals surface area contributed by atoms with Crippen LogP contribution >= 0.6 is 0 Å². The van der Waals surface area contributed by atoms with E-state index in [-0.39, 0.29) is 11.8 Å². The zero-order chi connectivity index (χ0) is 15.2. The maximum Gasteiger partial charge on any atom is 0.227 e. The third-order valence-electron chi connectivity index (χ3n) is 3.85. The van der Waals surface area contributed by atoms with Crippen LogP contribution in [0.3, 0.4) is 0 Å². The van der Waals surface area contributed by atoms with E-state index in [0.29, 0.717) is 0 Å². The number of allylic oxidation sites excluding steroid dienone is 2. The van der Waals surface area contributed by atoms with E-state index in [0.717, 1.165) is 36.3 Å². The Bertz CT molecular complexity index is 647. The number of carbonyl (C=O) groups is 1. The third kappa shape index (κ3) is 3.76. The van der Waals surface area contributed by atoms with Crippen molar-refractivity contribution in [3.05, 3.63) is 66.7 Å². The standard InChI is InChI=1S/C19H20N2O/c22-19(15-7-3-1-4-8-15)21-18-13-11-17(12-14-18)20-16-9-5-2-6-10-16/h1-3,5-6,9-15,20H,4,7-8H2,(H,21,22). The van der Waals surface area contributed by atoms with E-state index in [4.69, 9.17) is 0 Å². The summed E-state index contributed by atoms with van der Waals surface area (Å²) in [6, 6.07) is 17.8. The summed E-state index contributed by atoms with van der Waals surface area (Å²) in [5, 5.41) is 6.33. The predicted molar refractivity (Wildman–Crippen MR) is 91.3 cm³/mol. The largest absolute Gasteiger partial charge is 0.356 e. The molecule has 3 heteroatoms. The number of amides is 1. The molecule has 0 radical (unpaired) electrons. The highest BCUT2D eigenvalue weighted by molar-refractivity contribution is 5.92. The first-order chi connectivity index (χ1) is 10.8. The lowest BCUT2D eigenvalue weighted by Crippen LogP contribution is -2.23. The van der Waals surface area contributed by atoms with Crippen molar-refractivity contribution >= 4 is 23.0 Å². The number of rotatable bonds is 4. The molecule has 112 valence electrons. The van der Waals surface area contributed by atoms with Gasteiger partial charge in [0, 0.05) is 23.0 Å². The van der Waals surface area contributed by atoms with E-state index in [1.54, 1.807) is 0 Å². The third-order valence-corrected chi connectivity index (χ3v) is 3.85. The number of hydrogen-bond donors (Lipinski definition) is 2. The van der Waals surface area contributed by atoms with Crippen LogP contribution in [0.5, 0.6) is 0 Å². The molecule has 22 heavy (non-hydrogen) atoms. The molecule has 0 saturated heterocycles. The quantitative estimate of drug-likeness (QED) is 0.800. The summed E-state index contributed by atoms with van der Waals surface area (Å²) in [5.74, 6) is 0.222. The fourth-order valence-electron chi connectivity index (χ4n) is 2.60. The maximum atomic E-state index is 12.2. The van der Waals surface area contributed by atoms with Gasteiger partial charge in [-0.2, -0.15) is 0 Å². The summed E-state index contributed by atoms with van der Waals surface area (Å²) in [6.07, 6.45) is 7.03. The van der Waals surface area contributed by atoms with Gasteiger partial charge in [-0.3, -0.25) is 4.79 Å². The number of carbonyl (C=O) groups excluding carboxylic acids is 1. The van der Waals surface area contributed by atoms with Crippen molar-refractivity contribution in [3.8, 4) is 0 Å². The highest BCUT2D eigenvalue weighted by atomic mass is 16.1. The van der Waals surface area contributed by atoms with E-state index >= 15 is 0 Å². The second-order valence-electron chi connectivity index (χ2n) is 5.54. The van der Waals surface area contributed by atoms with E-state index in [1.165, 1.54) is 0 Å². The molecule has 0 heterocycles. The second-order valence-corrected chi connectivity index (χ2v) is 5.54. The molecule has 3 nitrogen and oxygen atoms in total. The normalized spacial score (nSPS) is 17.0. The van der Waals surface area contributed by atoms with Crippen LogP contribution in [-0.4, -0.2) is 5.91 Å². The average molecular weight is 292 g/mol. The Morgan fingerprint density at radius 3 is 2.23 bits per heavy atom. The van der Waals surface area contributed by atoms with Crippen LogP contribution in [0.15, 0.2) is 66.7 Å². The second kappa shape index (κ2) is 6.94. The SMILES string of the molecule is O=C(Nc1ccc(Nc2ccccc2)cc1)C1CC=CCC1. The van der Waals surface area contributed by atoms with Gasteiger partial charge >= 0.3 is 0 Å². The Morgan fingerprint density at radius 1 is 0.864 bits per heavy atom. The van der Waals surface area contributed by atoms with Gasteiger partial charge in [-0.1, -0.05) is 30.4 Å². The summed E-state index contributed by atoms with van der Waals surface area (Å²) in [7, 11) is 0. The summed E-state index contributed by atoms with van der Waals surface area (Å²) in [5.41, 5.74) is 2.90. The monoisotopic (exact) mass is 292 g/mol. The molecule has 0 bridgehead atoms. The van der Waals surface area contributed by atoms with Gasteiger partial charge in [-0.05, 0) is 55.7 Å². The van der Waals surface area contributed by atoms with Crippen LogP contribution in [0.2, 0.25) is 0 Å². The van der Waals surface area contributed by atoms with Crippen molar-refractivity contribution in [2.45, 2.75) is 19.3 Å². The molecule has 0 aliphatic heterocycles. The molecule has 1 unspecified atom stereocenters. The number of anilines is 3. The molecule has 1 aliphatic carbocycles. The molecule has 3 rings (SSSR count). The Kier molecular flexibility index (Phi) is 4.54. The number of para-hydroxylation sites is 1. The van der Waals surface area contributed by atoms with Crippen molar-refractivity contribution in [2.75, 3.05) is 10.6 Å². The lowest BCUT2D eigenvalue weighted by Gasteiger charge is -2.17. The summed E-state index contributed by atoms with van der Waals surface area (Å²) >= 11 is 0. The van der Waals surface area contributed by atoms with Crippen LogP contribution in [0.4, 0.5) is 17.1 Å². The molecule has 2 aromatic rings. The van der Waals surface area contributed by atoms with Crippen LogP contribution in [-0.2, 0) is 4.79 Å². The van der Waals surface area contributed by atoms with Crippen molar-refractivity contribution in [1.82, 2.24) is 0 Å². The minimum atomic E-state index is 0.104. The maximum absolute atomic E-state index is 12.2. The van der Waals surface area contributed by atoms with Gasteiger partial charge < -0.3 is 10.6 Å². The summed E-state index contributed by atoms with van der Waals surface area (Å²) in [4.78, 5) is 12.2. The van der Waals surface area contributed by atoms with E-state index < -0.39 is 0 Å². The van der Waals surface area contributed by atoms with Gasteiger partial charge in [0.1, 0.15) is 0 Å². The molecule has 1 atom stereocenters. The van der Waals surface area contributed by atoms with E-state index in [1.807, 2.05) is 54.6 Å². The van der Waals surface area contributed by atoms with Crippen LogP contribution in [0.25, 0.3) is 0 Å². The lowest BCUT2D eigenvalue weighted by molar-refractivity contribution is -0.120. The first-order valence-electron chi connectivity index (χ1n) is 7.69. The lowest BCUT2D eigenvalue weighted by atomic mass is 9.93. The highest BCUT2D eigenvalue weighted by Gasteiger charge is 2.18. The zero-order valence-electron chi connectivity index (χ0n) is 12.5. The van der Waals surface area contributed by atoms with Gasteiger partial charge in [-0.15, -0.1) is 0 Å². The predicted octanol–water partition coefficient (Wildman–Crippen LogP) is 4.73. The van der Waals surface area contributed by atoms with Gasteiger partial charge in [0.15, 0.2) is 0 Å². The Morgan fingerprint density at radius 2 is 1.55 bits per heavy atom. The summed E-state index contributed by atoms with van der Waals surface area (Å²) < 4.78 is 0. The number of benzene rings is 2. The minimum absolute atomic E-state index is 0.104. The molecule has 1 aliphatic rings. The molecule has 0 fully saturated rings. The smallest absolute Gasteiger partial charge is 0.227 e. The molecule has 0 spiro atoms. The molecule has 0 aromatic heterocycles. The fourth-order valence-corrected chi connectivity index (χ4v) is 2.60. The first-order valence-corrected chi connectivity index (χ1v) is 7.69. The molecule has 1 amide bonds. The molecule has 2 aromatic carbocycles. The van der Waals surface area contributed by atoms with Crippen LogP contribution in [0, 0.1) is 5.92 Å². The van der Waals surface area contributed by atoms with Crippen LogP contribution < -0.4 is 10.6 Å². The Balaban J connectivity index is 1.59. The molecular weight excluding hydrogens is 272 g/mol. The van der Waals surface area contributed by atoms with Crippen molar-refractivity contribution < 1.29 is 4.79 Å². The fraction of sp³-hybridized carbons (Fsp3) is 0.211. The molecule has 2 N–H and O–H groups in total. The zero-order valence-corrected chi connectivity index (χ0v) is 12.5.